The molecule has 0 saturated carbocycles. The summed E-state index contributed by atoms with van der Waals surface area (Å²) in [5, 5.41) is 0. The smallest absolute Gasteiger partial charge is 0.105 e. The first-order chi connectivity index (χ1) is 8.33. The van der Waals surface area contributed by atoms with Crippen molar-refractivity contribution in [2.75, 3.05) is 19.7 Å². The fraction of sp³-hybridized carbons (Fsp3) is 0.692. The minimum atomic E-state index is 0.0303. The van der Waals surface area contributed by atoms with Gasteiger partial charge in [0.2, 0.25) is 0 Å². The number of furan rings is 1. The normalized spacial score (nSPS) is 31.4. The highest BCUT2D eigenvalue weighted by molar-refractivity contribution is 5.02. The predicted molar refractivity (Wildman–Crippen MR) is 64.7 cm³/mol. The number of hydrogen-bond acceptors (Lipinski definition) is 4. The summed E-state index contributed by atoms with van der Waals surface area (Å²) in [4.78, 5) is 2.52. The zero-order valence-electron chi connectivity index (χ0n) is 10.0. The van der Waals surface area contributed by atoms with Gasteiger partial charge in [-0.15, -0.1) is 0 Å². The molecule has 2 saturated heterocycles. The lowest BCUT2D eigenvalue weighted by Gasteiger charge is -2.37. The molecule has 4 nitrogen and oxygen atoms in total. The van der Waals surface area contributed by atoms with E-state index >= 15 is 0 Å². The second-order valence-electron chi connectivity index (χ2n) is 5.11. The monoisotopic (exact) mass is 236 g/mol. The molecule has 2 fully saturated rings. The number of morpholine rings is 1. The van der Waals surface area contributed by atoms with Crippen molar-refractivity contribution in [1.82, 2.24) is 4.90 Å². The molecule has 0 amide bonds. The molecule has 2 aliphatic rings. The van der Waals surface area contributed by atoms with E-state index in [-0.39, 0.29) is 12.1 Å². The Morgan fingerprint density at radius 3 is 3.29 bits per heavy atom. The number of rotatable bonds is 3. The maximum atomic E-state index is 6.21. The van der Waals surface area contributed by atoms with E-state index in [0.29, 0.717) is 6.04 Å². The summed E-state index contributed by atoms with van der Waals surface area (Å²) in [7, 11) is 0. The fourth-order valence-corrected chi connectivity index (χ4v) is 2.89. The van der Waals surface area contributed by atoms with Gasteiger partial charge < -0.3 is 14.9 Å². The van der Waals surface area contributed by atoms with Gasteiger partial charge in [-0.3, -0.25) is 4.90 Å². The number of fused-ring (bicyclic) bond motifs is 1. The van der Waals surface area contributed by atoms with Crippen LogP contribution >= 0.6 is 0 Å². The molecule has 0 spiro atoms. The van der Waals surface area contributed by atoms with Gasteiger partial charge in [0.15, 0.2) is 0 Å². The SMILES string of the molecule is NC(Cc1ccco1)C1CN2CCCC2CO1. The Hall–Kier alpha value is -0.840. The van der Waals surface area contributed by atoms with Crippen molar-refractivity contribution in [1.29, 1.82) is 0 Å². The Morgan fingerprint density at radius 2 is 2.47 bits per heavy atom. The van der Waals surface area contributed by atoms with E-state index in [1.165, 1.54) is 19.4 Å². The van der Waals surface area contributed by atoms with E-state index in [4.69, 9.17) is 14.9 Å². The van der Waals surface area contributed by atoms with Crippen molar-refractivity contribution in [3.05, 3.63) is 24.2 Å². The zero-order valence-corrected chi connectivity index (χ0v) is 10.0. The first kappa shape index (κ1) is 11.3. The summed E-state index contributed by atoms with van der Waals surface area (Å²) < 4.78 is 11.2. The van der Waals surface area contributed by atoms with Crippen LogP contribution in [-0.4, -0.2) is 42.8 Å². The van der Waals surface area contributed by atoms with Crippen molar-refractivity contribution >= 4 is 0 Å². The second-order valence-corrected chi connectivity index (χ2v) is 5.11. The summed E-state index contributed by atoms with van der Waals surface area (Å²) >= 11 is 0. The maximum absolute atomic E-state index is 6.21. The topological polar surface area (TPSA) is 51.6 Å². The van der Waals surface area contributed by atoms with Gasteiger partial charge >= 0.3 is 0 Å². The highest BCUT2D eigenvalue weighted by Gasteiger charge is 2.34. The number of nitrogens with two attached hydrogens (primary N) is 1. The molecule has 2 aliphatic heterocycles. The Bertz CT molecular complexity index is 352. The molecule has 3 heterocycles. The third-order valence-electron chi connectivity index (χ3n) is 3.91. The molecule has 0 radical (unpaired) electrons. The predicted octanol–water partition coefficient (Wildman–Crippen LogP) is 1.01. The third-order valence-corrected chi connectivity index (χ3v) is 3.91. The molecule has 3 atom stereocenters. The summed E-state index contributed by atoms with van der Waals surface area (Å²) in [6.45, 7) is 3.03. The van der Waals surface area contributed by atoms with Gasteiger partial charge in [-0.05, 0) is 31.5 Å². The molecule has 1 aromatic heterocycles. The molecule has 1 aromatic rings. The van der Waals surface area contributed by atoms with Gasteiger partial charge in [0.1, 0.15) is 5.76 Å². The highest BCUT2D eigenvalue weighted by atomic mass is 16.5. The van der Waals surface area contributed by atoms with Crippen LogP contribution in [0.25, 0.3) is 0 Å². The number of hydrogen-bond donors (Lipinski definition) is 1. The molecular weight excluding hydrogens is 216 g/mol. The molecule has 3 rings (SSSR count). The molecule has 3 unspecified atom stereocenters. The molecule has 4 heteroatoms. The van der Waals surface area contributed by atoms with Crippen LogP contribution in [0.3, 0.4) is 0 Å². The van der Waals surface area contributed by atoms with Crippen molar-refractivity contribution in [2.24, 2.45) is 5.73 Å². The van der Waals surface area contributed by atoms with Crippen molar-refractivity contribution in [3.8, 4) is 0 Å². The van der Waals surface area contributed by atoms with Gasteiger partial charge in [-0.1, -0.05) is 0 Å². The molecular formula is C13H20N2O2. The average Bonchev–Trinajstić information content (AvgIpc) is 2.97. The van der Waals surface area contributed by atoms with Crippen LogP contribution in [0.2, 0.25) is 0 Å². The van der Waals surface area contributed by atoms with Crippen LogP contribution in [0, 0.1) is 0 Å². The van der Waals surface area contributed by atoms with Crippen molar-refractivity contribution in [3.63, 3.8) is 0 Å². The largest absolute Gasteiger partial charge is 0.469 e. The Labute approximate surface area is 102 Å². The minimum Gasteiger partial charge on any atom is -0.469 e. The lowest BCUT2D eigenvalue weighted by Crippen LogP contribution is -2.53. The molecule has 0 bridgehead atoms. The first-order valence-corrected chi connectivity index (χ1v) is 6.46. The Balaban J connectivity index is 1.57. The molecule has 0 aromatic carbocycles. The van der Waals surface area contributed by atoms with E-state index in [9.17, 15) is 0 Å². The summed E-state index contributed by atoms with van der Waals surface area (Å²) in [5.41, 5.74) is 6.21. The average molecular weight is 236 g/mol. The van der Waals surface area contributed by atoms with Gasteiger partial charge in [0.05, 0.1) is 19.0 Å². The van der Waals surface area contributed by atoms with Crippen LogP contribution in [0.5, 0.6) is 0 Å². The van der Waals surface area contributed by atoms with E-state index in [2.05, 4.69) is 4.90 Å². The number of ether oxygens (including phenoxy) is 1. The van der Waals surface area contributed by atoms with E-state index in [1.54, 1.807) is 6.26 Å². The van der Waals surface area contributed by atoms with Crippen LogP contribution in [0.15, 0.2) is 22.8 Å². The summed E-state index contributed by atoms with van der Waals surface area (Å²) in [6, 6.07) is 4.55. The molecule has 94 valence electrons. The Kier molecular flexibility index (Phi) is 3.18. The molecule has 17 heavy (non-hydrogen) atoms. The van der Waals surface area contributed by atoms with Crippen LogP contribution < -0.4 is 5.73 Å². The van der Waals surface area contributed by atoms with E-state index in [1.807, 2.05) is 12.1 Å². The fourth-order valence-electron chi connectivity index (χ4n) is 2.89. The summed E-state index contributed by atoms with van der Waals surface area (Å²) in [5.74, 6) is 0.949. The van der Waals surface area contributed by atoms with Gasteiger partial charge in [0.25, 0.3) is 0 Å². The van der Waals surface area contributed by atoms with Crippen molar-refractivity contribution in [2.45, 2.75) is 37.5 Å². The zero-order chi connectivity index (χ0) is 11.7. The van der Waals surface area contributed by atoms with Gasteiger partial charge in [-0.25, -0.2) is 0 Å². The van der Waals surface area contributed by atoms with E-state index < -0.39 is 0 Å². The van der Waals surface area contributed by atoms with Gasteiger partial charge in [0, 0.05) is 25.0 Å². The third kappa shape index (κ3) is 2.39. The van der Waals surface area contributed by atoms with Crippen LogP contribution in [-0.2, 0) is 11.2 Å². The maximum Gasteiger partial charge on any atom is 0.105 e. The quantitative estimate of drug-likeness (QED) is 0.851. The molecule has 0 aliphatic carbocycles. The second kappa shape index (κ2) is 4.80. The minimum absolute atomic E-state index is 0.0303. The van der Waals surface area contributed by atoms with Crippen LogP contribution in [0.4, 0.5) is 0 Å². The lowest BCUT2D eigenvalue weighted by atomic mass is 10.0. The lowest BCUT2D eigenvalue weighted by molar-refractivity contribution is -0.0594. The Morgan fingerprint density at radius 1 is 1.53 bits per heavy atom. The standard InChI is InChI=1S/C13H20N2O2/c14-12(7-11-4-2-6-16-11)13-8-15-5-1-3-10(15)9-17-13/h2,4,6,10,12-13H,1,3,5,7-9,14H2. The molecule has 2 N–H and O–H groups in total. The van der Waals surface area contributed by atoms with Gasteiger partial charge in [-0.2, -0.15) is 0 Å². The highest BCUT2D eigenvalue weighted by Crippen LogP contribution is 2.24. The van der Waals surface area contributed by atoms with E-state index in [0.717, 1.165) is 25.3 Å². The first-order valence-electron chi connectivity index (χ1n) is 6.46. The number of nitrogens with zero attached hydrogens (tertiary/aromatic N) is 1. The van der Waals surface area contributed by atoms with Crippen LogP contribution in [0.1, 0.15) is 18.6 Å². The van der Waals surface area contributed by atoms with Crippen molar-refractivity contribution < 1.29 is 9.15 Å². The summed E-state index contributed by atoms with van der Waals surface area (Å²) in [6.07, 6.45) is 5.18.